The molecule has 0 heterocycles. The SMILES string of the molecule is CCCC(Cc1ccc(S(C)(=O)=O)cc1)NCC. The third kappa shape index (κ3) is 4.78. The van der Waals surface area contributed by atoms with Crippen LogP contribution in [0.3, 0.4) is 0 Å². The Morgan fingerprint density at radius 1 is 1.17 bits per heavy atom. The maximum absolute atomic E-state index is 11.4. The van der Waals surface area contributed by atoms with Gasteiger partial charge in [-0.15, -0.1) is 0 Å². The molecule has 3 nitrogen and oxygen atoms in total. The second-order valence-electron chi connectivity index (χ2n) is 4.66. The molecule has 102 valence electrons. The number of nitrogens with one attached hydrogen (secondary N) is 1. The highest BCUT2D eigenvalue weighted by atomic mass is 32.2. The summed E-state index contributed by atoms with van der Waals surface area (Å²) in [4.78, 5) is 0.391. The first-order chi connectivity index (χ1) is 8.47. The summed E-state index contributed by atoms with van der Waals surface area (Å²) in [6, 6.07) is 7.69. The number of rotatable bonds is 7. The summed E-state index contributed by atoms with van der Waals surface area (Å²) >= 11 is 0. The molecule has 1 aromatic carbocycles. The maximum atomic E-state index is 11.4. The molecule has 0 amide bonds. The minimum atomic E-state index is -3.08. The van der Waals surface area contributed by atoms with E-state index in [1.54, 1.807) is 12.1 Å². The molecule has 0 aliphatic rings. The number of sulfone groups is 1. The van der Waals surface area contributed by atoms with E-state index in [1.807, 2.05) is 12.1 Å². The molecule has 0 saturated carbocycles. The molecule has 0 aliphatic carbocycles. The largest absolute Gasteiger partial charge is 0.314 e. The zero-order valence-corrected chi connectivity index (χ0v) is 12.3. The Balaban J connectivity index is 2.73. The molecule has 1 rings (SSSR count). The number of benzene rings is 1. The lowest BCUT2D eigenvalue weighted by atomic mass is 10.0. The molecule has 0 aromatic heterocycles. The summed E-state index contributed by atoms with van der Waals surface area (Å²) in [5.74, 6) is 0. The van der Waals surface area contributed by atoms with Gasteiger partial charge in [-0.2, -0.15) is 0 Å². The molecule has 0 spiro atoms. The van der Waals surface area contributed by atoms with Gasteiger partial charge in [0.2, 0.25) is 0 Å². The fourth-order valence-corrected chi connectivity index (χ4v) is 2.70. The third-order valence-electron chi connectivity index (χ3n) is 2.96. The monoisotopic (exact) mass is 269 g/mol. The molecule has 0 saturated heterocycles. The minimum Gasteiger partial charge on any atom is -0.314 e. The fourth-order valence-electron chi connectivity index (χ4n) is 2.07. The van der Waals surface area contributed by atoms with Crippen LogP contribution in [-0.4, -0.2) is 27.3 Å². The van der Waals surface area contributed by atoms with Crippen LogP contribution in [-0.2, 0) is 16.3 Å². The van der Waals surface area contributed by atoms with Gasteiger partial charge in [0.05, 0.1) is 4.90 Å². The lowest BCUT2D eigenvalue weighted by Crippen LogP contribution is -2.30. The van der Waals surface area contributed by atoms with Crippen LogP contribution in [0, 0.1) is 0 Å². The lowest BCUT2D eigenvalue weighted by molar-refractivity contribution is 0.486. The van der Waals surface area contributed by atoms with Gasteiger partial charge < -0.3 is 5.32 Å². The Kier molecular flexibility index (Phi) is 5.82. The van der Waals surface area contributed by atoms with Crippen molar-refractivity contribution in [2.24, 2.45) is 0 Å². The van der Waals surface area contributed by atoms with E-state index in [1.165, 1.54) is 11.8 Å². The third-order valence-corrected chi connectivity index (χ3v) is 4.09. The van der Waals surface area contributed by atoms with E-state index in [0.29, 0.717) is 10.9 Å². The van der Waals surface area contributed by atoms with Crippen LogP contribution in [0.2, 0.25) is 0 Å². The highest BCUT2D eigenvalue weighted by Gasteiger charge is 2.09. The molecule has 1 aromatic rings. The van der Waals surface area contributed by atoms with E-state index in [-0.39, 0.29) is 0 Å². The molecule has 1 atom stereocenters. The first kappa shape index (κ1) is 15.2. The predicted octanol–water partition coefficient (Wildman–Crippen LogP) is 2.41. The van der Waals surface area contributed by atoms with Crippen LogP contribution >= 0.6 is 0 Å². The Morgan fingerprint density at radius 3 is 2.22 bits per heavy atom. The molecular formula is C14H23NO2S. The normalized spacial score (nSPS) is 13.5. The number of likely N-dealkylation sites (N-methyl/N-ethyl adjacent to an activating group) is 1. The number of hydrogen-bond donors (Lipinski definition) is 1. The van der Waals surface area contributed by atoms with Crippen molar-refractivity contribution in [1.82, 2.24) is 5.32 Å². The zero-order valence-electron chi connectivity index (χ0n) is 11.4. The summed E-state index contributed by atoms with van der Waals surface area (Å²) < 4.78 is 22.7. The molecular weight excluding hydrogens is 246 g/mol. The molecule has 1 N–H and O–H groups in total. The molecule has 0 bridgehead atoms. The van der Waals surface area contributed by atoms with Gasteiger partial charge in [-0.25, -0.2) is 8.42 Å². The Morgan fingerprint density at radius 2 is 1.78 bits per heavy atom. The van der Waals surface area contributed by atoms with Crippen LogP contribution in [0.5, 0.6) is 0 Å². The molecule has 18 heavy (non-hydrogen) atoms. The van der Waals surface area contributed by atoms with Crippen LogP contribution < -0.4 is 5.32 Å². The topological polar surface area (TPSA) is 46.2 Å². The van der Waals surface area contributed by atoms with Gasteiger partial charge in [0.15, 0.2) is 9.84 Å². The van der Waals surface area contributed by atoms with E-state index in [2.05, 4.69) is 19.2 Å². The highest BCUT2D eigenvalue weighted by Crippen LogP contribution is 2.13. The standard InChI is InChI=1S/C14H23NO2S/c1-4-6-13(15-5-2)11-12-7-9-14(10-8-12)18(3,16)17/h7-10,13,15H,4-6,11H2,1-3H3. The first-order valence-corrected chi connectivity index (χ1v) is 8.38. The average molecular weight is 269 g/mol. The lowest BCUT2D eigenvalue weighted by Gasteiger charge is -2.17. The Hall–Kier alpha value is -0.870. The Bertz CT molecular complexity index is 445. The van der Waals surface area contributed by atoms with E-state index < -0.39 is 9.84 Å². The molecule has 0 radical (unpaired) electrons. The highest BCUT2D eigenvalue weighted by molar-refractivity contribution is 7.90. The van der Waals surface area contributed by atoms with Crippen molar-refractivity contribution >= 4 is 9.84 Å². The van der Waals surface area contributed by atoms with Gasteiger partial charge in [-0.3, -0.25) is 0 Å². The molecule has 0 fully saturated rings. The van der Waals surface area contributed by atoms with Crippen molar-refractivity contribution in [2.45, 2.75) is 44.0 Å². The zero-order chi connectivity index (χ0) is 13.6. The van der Waals surface area contributed by atoms with E-state index in [9.17, 15) is 8.42 Å². The smallest absolute Gasteiger partial charge is 0.175 e. The molecule has 0 aliphatic heterocycles. The summed E-state index contributed by atoms with van der Waals surface area (Å²) in [7, 11) is -3.08. The van der Waals surface area contributed by atoms with Crippen molar-refractivity contribution in [3.63, 3.8) is 0 Å². The minimum absolute atomic E-state index is 0.391. The van der Waals surface area contributed by atoms with Gasteiger partial charge in [0.1, 0.15) is 0 Å². The number of hydrogen-bond acceptors (Lipinski definition) is 3. The average Bonchev–Trinajstić information content (AvgIpc) is 2.29. The van der Waals surface area contributed by atoms with Crippen LogP contribution in [0.4, 0.5) is 0 Å². The van der Waals surface area contributed by atoms with Crippen LogP contribution in [0.1, 0.15) is 32.3 Å². The quantitative estimate of drug-likeness (QED) is 0.827. The van der Waals surface area contributed by atoms with Crippen molar-refractivity contribution in [3.05, 3.63) is 29.8 Å². The summed E-state index contributed by atoms with van der Waals surface area (Å²) in [6.45, 7) is 5.25. The first-order valence-electron chi connectivity index (χ1n) is 6.49. The van der Waals surface area contributed by atoms with Gasteiger partial charge in [0.25, 0.3) is 0 Å². The van der Waals surface area contributed by atoms with Gasteiger partial charge in [0, 0.05) is 12.3 Å². The second kappa shape index (κ2) is 6.90. The Labute approximate surface area is 111 Å². The molecule has 4 heteroatoms. The van der Waals surface area contributed by atoms with Crippen LogP contribution in [0.15, 0.2) is 29.2 Å². The van der Waals surface area contributed by atoms with Crippen molar-refractivity contribution in [1.29, 1.82) is 0 Å². The maximum Gasteiger partial charge on any atom is 0.175 e. The molecule has 1 unspecified atom stereocenters. The van der Waals surface area contributed by atoms with Crippen molar-refractivity contribution in [2.75, 3.05) is 12.8 Å². The fraction of sp³-hybridized carbons (Fsp3) is 0.571. The van der Waals surface area contributed by atoms with Crippen LogP contribution in [0.25, 0.3) is 0 Å². The van der Waals surface area contributed by atoms with Gasteiger partial charge in [-0.05, 0) is 37.1 Å². The second-order valence-corrected chi connectivity index (χ2v) is 6.68. The van der Waals surface area contributed by atoms with Crippen molar-refractivity contribution < 1.29 is 8.42 Å². The van der Waals surface area contributed by atoms with Crippen molar-refractivity contribution in [3.8, 4) is 0 Å². The van der Waals surface area contributed by atoms with E-state index >= 15 is 0 Å². The summed E-state index contributed by atoms with van der Waals surface area (Å²) in [5.41, 5.74) is 1.18. The predicted molar refractivity (Wildman–Crippen MR) is 75.6 cm³/mol. The van der Waals surface area contributed by atoms with E-state index in [0.717, 1.165) is 25.8 Å². The summed E-state index contributed by atoms with van der Waals surface area (Å²) in [6.07, 6.45) is 4.48. The van der Waals surface area contributed by atoms with Gasteiger partial charge >= 0.3 is 0 Å². The van der Waals surface area contributed by atoms with Gasteiger partial charge in [-0.1, -0.05) is 32.4 Å². The van der Waals surface area contributed by atoms with E-state index in [4.69, 9.17) is 0 Å². The summed E-state index contributed by atoms with van der Waals surface area (Å²) in [5, 5.41) is 3.46.